The van der Waals surface area contributed by atoms with Crippen molar-refractivity contribution in [2.45, 2.75) is 6.42 Å². The lowest BCUT2D eigenvalue weighted by Crippen LogP contribution is -2.35. The zero-order valence-corrected chi connectivity index (χ0v) is 13.9. The average molecular weight is 348 g/mol. The van der Waals surface area contributed by atoms with Gasteiger partial charge in [0.05, 0.1) is 12.5 Å². The van der Waals surface area contributed by atoms with Gasteiger partial charge in [-0.05, 0) is 36.4 Å². The van der Waals surface area contributed by atoms with Gasteiger partial charge in [-0.3, -0.25) is 4.79 Å². The van der Waals surface area contributed by atoms with E-state index in [1.54, 1.807) is 29.2 Å². The maximum absolute atomic E-state index is 12.5. The number of carbonyl (C=O) groups excluding carboxylic acids is 1. The Morgan fingerprint density at radius 3 is 2.58 bits per heavy atom. The van der Waals surface area contributed by atoms with Gasteiger partial charge in [-0.2, -0.15) is 5.26 Å². The Hall–Kier alpha value is -3.66. The van der Waals surface area contributed by atoms with Gasteiger partial charge in [0, 0.05) is 17.8 Å². The van der Waals surface area contributed by atoms with Gasteiger partial charge in [0.1, 0.15) is 5.75 Å². The van der Waals surface area contributed by atoms with E-state index in [2.05, 4.69) is 16.3 Å². The van der Waals surface area contributed by atoms with Crippen LogP contribution in [0.1, 0.15) is 6.42 Å². The summed E-state index contributed by atoms with van der Waals surface area (Å²) in [7, 11) is 0. The van der Waals surface area contributed by atoms with E-state index >= 15 is 0 Å². The highest BCUT2D eigenvalue weighted by molar-refractivity contribution is 5.94. The number of nitriles is 1. The van der Waals surface area contributed by atoms with Crippen LogP contribution in [0.3, 0.4) is 0 Å². The highest BCUT2D eigenvalue weighted by Gasteiger charge is 2.16. The maximum Gasteiger partial charge on any atom is 0.264 e. The molecule has 0 fully saturated rings. The average Bonchev–Trinajstić information content (AvgIpc) is 3.23. The predicted octanol–water partition coefficient (Wildman–Crippen LogP) is 3.06. The number of amides is 1. The number of anilines is 1. The van der Waals surface area contributed by atoms with Crippen LogP contribution in [0.4, 0.5) is 5.69 Å². The minimum Gasteiger partial charge on any atom is -0.484 e. The second-order valence-electron chi connectivity index (χ2n) is 5.35. The number of ether oxygens (including phenoxy) is 1. The van der Waals surface area contributed by atoms with Crippen molar-refractivity contribution in [2.75, 3.05) is 18.1 Å². The van der Waals surface area contributed by atoms with E-state index in [1.807, 2.05) is 30.3 Å². The summed E-state index contributed by atoms with van der Waals surface area (Å²) >= 11 is 0. The molecule has 0 bridgehead atoms. The van der Waals surface area contributed by atoms with Crippen LogP contribution >= 0.6 is 0 Å². The van der Waals surface area contributed by atoms with Crippen molar-refractivity contribution in [1.82, 2.24) is 10.2 Å². The summed E-state index contributed by atoms with van der Waals surface area (Å²) in [5, 5.41) is 16.3. The monoisotopic (exact) mass is 348 g/mol. The van der Waals surface area contributed by atoms with Crippen LogP contribution in [0.2, 0.25) is 0 Å². The molecule has 0 atom stereocenters. The largest absolute Gasteiger partial charge is 0.484 e. The first-order valence-corrected chi connectivity index (χ1v) is 7.99. The molecule has 0 aliphatic rings. The molecular weight excluding hydrogens is 332 g/mol. The van der Waals surface area contributed by atoms with Gasteiger partial charge in [0.2, 0.25) is 12.3 Å². The molecule has 0 N–H and O–H groups in total. The zero-order valence-electron chi connectivity index (χ0n) is 13.9. The van der Waals surface area contributed by atoms with Crippen LogP contribution < -0.4 is 9.64 Å². The van der Waals surface area contributed by atoms with Crippen molar-refractivity contribution < 1.29 is 13.9 Å². The molecule has 1 heterocycles. The Morgan fingerprint density at radius 1 is 1.15 bits per heavy atom. The summed E-state index contributed by atoms with van der Waals surface area (Å²) in [6.45, 7) is 0.193. The number of aromatic nitrogens is 2. The van der Waals surface area contributed by atoms with Crippen LogP contribution in [-0.4, -0.2) is 29.3 Å². The van der Waals surface area contributed by atoms with Crippen molar-refractivity contribution in [3.63, 3.8) is 0 Å². The molecule has 7 nitrogen and oxygen atoms in total. The third-order valence-corrected chi connectivity index (χ3v) is 3.64. The van der Waals surface area contributed by atoms with E-state index in [9.17, 15) is 4.79 Å². The molecule has 0 aliphatic heterocycles. The number of hydrogen-bond donors (Lipinski definition) is 0. The lowest BCUT2D eigenvalue weighted by Gasteiger charge is -2.21. The van der Waals surface area contributed by atoms with E-state index in [0.29, 0.717) is 18.2 Å². The minimum atomic E-state index is -0.215. The molecular formula is C19H16N4O3. The first-order valence-electron chi connectivity index (χ1n) is 7.99. The fraction of sp³-hybridized carbons (Fsp3) is 0.158. The standard InChI is InChI=1S/C19H16N4O3/c20-11-4-12-23(16-5-2-1-3-6-16)18(24)13-25-17-9-7-15(8-10-17)19-22-21-14-26-19/h1-3,5-10,14H,4,12-13H2. The minimum absolute atomic E-state index is 0.125. The SMILES string of the molecule is N#CCCN(C(=O)COc1ccc(-c2nnco2)cc1)c1ccccc1. The fourth-order valence-electron chi connectivity index (χ4n) is 2.38. The Morgan fingerprint density at radius 2 is 1.92 bits per heavy atom. The van der Waals surface area contributed by atoms with E-state index in [1.165, 1.54) is 6.39 Å². The lowest BCUT2D eigenvalue weighted by molar-refractivity contribution is -0.120. The first kappa shape index (κ1) is 17.2. The summed E-state index contributed by atoms with van der Waals surface area (Å²) in [6, 6.07) is 18.3. The number of benzene rings is 2. The summed E-state index contributed by atoms with van der Waals surface area (Å²) in [4.78, 5) is 14.1. The number of nitrogens with zero attached hydrogens (tertiary/aromatic N) is 4. The molecule has 130 valence electrons. The van der Waals surface area contributed by atoms with Gasteiger partial charge < -0.3 is 14.1 Å². The number of hydrogen-bond acceptors (Lipinski definition) is 6. The van der Waals surface area contributed by atoms with Gasteiger partial charge in [-0.25, -0.2) is 0 Å². The van der Waals surface area contributed by atoms with Gasteiger partial charge in [-0.1, -0.05) is 18.2 Å². The van der Waals surface area contributed by atoms with Crippen LogP contribution in [0.15, 0.2) is 65.4 Å². The lowest BCUT2D eigenvalue weighted by atomic mass is 10.2. The van der Waals surface area contributed by atoms with Crippen LogP contribution in [-0.2, 0) is 4.79 Å². The molecule has 0 spiro atoms. The number of rotatable bonds is 7. The molecule has 0 unspecified atom stereocenters. The molecule has 0 saturated carbocycles. The molecule has 3 rings (SSSR count). The summed E-state index contributed by atoms with van der Waals surface area (Å²) in [5.41, 5.74) is 1.50. The molecule has 7 heteroatoms. The number of carbonyl (C=O) groups is 1. The second kappa shape index (κ2) is 8.44. The Labute approximate surface area is 150 Å². The Bertz CT molecular complexity index is 871. The fourth-order valence-corrected chi connectivity index (χ4v) is 2.38. The topological polar surface area (TPSA) is 92.2 Å². The van der Waals surface area contributed by atoms with Gasteiger partial charge in [0.25, 0.3) is 5.91 Å². The van der Waals surface area contributed by atoms with Crippen molar-refractivity contribution in [2.24, 2.45) is 0 Å². The molecule has 0 radical (unpaired) electrons. The van der Waals surface area contributed by atoms with Crippen LogP contribution in [0, 0.1) is 11.3 Å². The Kier molecular flexibility index (Phi) is 5.58. The summed E-state index contributed by atoms with van der Waals surface area (Å²) < 4.78 is 10.7. The van der Waals surface area contributed by atoms with E-state index < -0.39 is 0 Å². The summed E-state index contributed by atoms with van der Waals surface area (Å²) in [6.07, 6.45) is 1.51. The maximum atomic E-state index is 12.5. The smallest absolute Gasteiger partial charge is 0.264 e. The molecule has 3 aromatic rings. The molecule has 1 aromatic heterocycles. The zero-order chi connectivity index (χ0) is 18.2. The second-order valence-corrected chi connectivity index (χ2v) is 5.35. The summed E-state index contributed by atoms with van der Waals surface area (Å²) in [5.74, 6) is 0.752. The van der Waals surface area contributed by atoms with E-state index in [-0.39, 0.29) is 18.9 Å². The van der Waals surface area contributed by atoms with Crippen LogP contribution in [0.5, 0.6) is 5.75 Å². The van der Waals surface area contributed by atoms with E-state index in [4.69, 9.17) is 14.4 Å². The van der Waals surface area contributed by atoms with E-state index in [0.717, 1.165) is 11.3 Å². The Balaban J connectivity index is 1.63. The van der Waals surface area contributed by atoms with Crippen molar-refractivity contribution >= 4 is 11.6 Å². The third-order valence-electron chi connectivity index (χ3n) is 3.64. The van der Waals surface area contributed by atoms with Gasteiger partial charge >= 0.3 is 0 Å². The molecule has 0 saturated heterocycles. The van der Waals surface area contributed by atoms with Crippen LogP contribution in [0.25, 0.3) is 11.5 Å². The number of para-hydroxylation sites is 1. The van der Waals surface area contributed by atoms with Crippen molar-refractivity contribution in [3.05, 3.63) is 61.0 Å². The highest BCUT2D eigenvalue weighted by atomic mass is 16.5. The molecule has 2 aromatic carbocycles. The van der Waals surface area contributed by atoms with Gasteiger partial charge in [-0.15, -0.1) is 10.2 Å². The normalized spacial score (nSPS) is 10.1. The molecule has 26 heavy (non-hydrogen) atoms. The predicted molar refractivity (Wildman–Crippen MR) is 94.3 cm³/mol. The first-order chi connectivity index (χ1) is 12.8. The van der Waals surface area contributed by atoms with Crippen molar-refractivity contribution in [1.29, 1.82) is 5.26 Å². The van der Waals surface area contributed by atoms with Crippen molar-refractivity contribution in [3.8, 4) is 23.3 Å². The third kappa shape index (κ3) is 4.24. The highest BCUT2D eigenvalue weighted by Crippen LogP contribution is 2.20. The quantitative estimate of drug-likeness (QED) is 0.651. The van der Waals surface area contributed by atoms with Gasteiger partial charge in [0.15, 0.2) is 6.61 Å². The molecule has 1 amide bonds. The molecule has 0 aliphatic carbocycles.